The second-order valence-corrected chi connectivity index (χ2v) is 6.35. The fraction of sp³-hybridized carbons (Fsp3) is 0.538. The Balaban J connectivity index is 3.17. The molecule has 3 N–H and O–H groups in total. The van der Waals surface area contributed by atoms with Gasteiger partial charge in [-0.25, -0.2) is 13.1 Å². The number of nitrogens with one attached hydrogen (secondary N) is 1. The van der Waals surface area contributed by atoms with Gasteiger partial charge >= 0.3 is 0 Å². The first-order chi connectivity index (χ1) is 8.81. The first-order valence-electron chi connectivity index (χ1n) is 6.28. The van der Waals surface area contributed by atoms with Crippen molar-refractivity contribution in [3.63, 3.8) is 0 Å². The molecule has 0 radical (unpaired) electrons. The Labute approximate surface area is 115 Å². The molecule has 5 nitrogen and oxygen atoms in total. The molecule has 1 rings (SSSR count). The van der Waals surface area contributed by atoms with Crippen molar-refractivity contribution < 1.29 is 13.2 Å². The molecule has 0 fully saturated rings. The Morgan fingerprint density at radius 2 is 2.05 bits per heavy atom. The summed E-state index contributed by atoms with van der Waals surface area (Å²) in [6.07, 6.45) is 1.69. The quantitative estimate of drug-likeness (QED) is 0.784. The SMILES string of the molecule is CCCC(C)NS(=O)(=O)c1cc(N)c(C)cc1OC. The normalized spacial score (nSPS) is 13.3. The van der Waals surface area contributed by atoms with Crippen LogP contribution in [-0.2, 0) is 10.0 Å². The molecule has 1 unspecified atom stereocenters. The average Bonchev–Trinajstić information content (AvgIpc) is 2.31. The van der Waals surface area contributed by atoms with Crippen molar-refractivity contribution in [1.82, 2.24) is 4.72 Å². The molecule has 0 aliphatic rings. The van der Waals surface area contributed by atoms with Crippen LogP contribution in [0.3, 0.4) is 0 Å². The second kappa shape index (κ2) is 6.25. The van der Waals surface area contributed by atoms with Gasteiger partial charge in [0, 0.05) is 11.7 Å². The topological polar surface area (TPSA) is 81.4 Å². The van der Waals surface area contributed by atoms with Gasteiger partial charge in [-0.1, -0.05) is 13.3 Å². The molecule has 0 saturated heterocycles. The van der Waals surface area contributed by atoms with Crippen LogP contribution in [0.1, 0.15) is 32.3 Å². The number of anilines is 1. The van der Waals surface area contributed by atoms with Crippen molar-refractivity contribution in [2.24, 2.45) is 0 Å². The maximum absolute atomic E-state index is 12.3. The van der Waals surface area contributed by atoms with E-state index in [0.29, 0.717) is 11.4 Å². The molecule has 1 atom stereocenters. The van der Waals surface area contributed by atoms with Gasteiger partial charge < -0.3 is 10.5 Å². The summed E-state index contributed by atoms with van der Waals surface area (Å²) in [4.78, 5) is 0.0843. The number of hydrogen-bond acceptors (Lipinski definition) is 4. The molecule has 0 bridgehead atoms. The van der Waals surface area contributed by atoms with E-state index in [1.54, 1.807) is 13.0 Å². The van der Waals surface area contributed by atoms with Crippen molar-refractivity contribution in [3.05, 3.63) is 17.7 Å². The highest BCUT2D eigenvalue weighted by atomic mass is 32.2. The van der Waals surface area contributed by atoms with Gasteiger partial charge in [-0.2, -0.15) is 0 Å². The van der Waals surface area contributed by atoms with Crippen molar-refractivity contribution in [3.8, 4) is 5.75 Å². The summed E-state index contributed by atoms with van der Waals surface area (Å²) >= 11 is 0. The van der Waals surface area contributed by atoms with Crippen molar-refractivity contribution in [2.75, 3.05) is 12.8 Å². The predicted molar refractivity (Wildman–Crippen MR) is 76.8 cm³/mol. The zero-order valence-corrected chi connectivity index (χ0v) is 12.7. The van der Waals surface area contributed by atoms with Crippen LogP contribution >= 0.6 is 0 Å². The number of sulfonamides is 1. The Morgan fingerprint density at radius 3 is 2.58 bits per heavy atom. The van der Waals surface area contributed by atoms with Crippen LogP contribution in [0.15, 0.2) is 17.0 Å². The summed E-state index contributed by atoms with van der Waals surface area (Å²) in [6, 6.07) is 2.95. The minimum absolute atomic E-state index is 0.0843. The lowest BCUT2D eigenvalue weighted by Gasteiger charge is -2.16. The van der Waals surface area contributed by atoms with E-state index in [-0.39, 0.29) is 10.9 Å². The van der Waals surface area contributed by atoms with Crippen LogP contribution in [0.5, 0.6) is 5.75 Å². The molecule has 0 heterocycles. The number of rotatable bonds is 6. The molecule has 19 heavy (non-hydrogen) atoms. The fourth-order valence-corrected chi connectivity index (χ4v) is 3.33. The third kappa shape index (κ3) is 3.84. The minimum atomic E-state index is -3.62. The van der Waals surface area contributed by atoms with Gasteiger partial charge in [-0.15, -0.1) is 0 Å². The van der Waals surface area contributed by atoms with Crippen molar-refractivity contribution >= 4 is 15.7 Å². The third-order valence-corrected chi connectivity index (χ3v) is 4.53. The molecular weight excluding hydrogens is 264 g/mol. The van der Waals surface area contributed by atoms with Crippen LogP contribution in [0.2, 0.25) is 0 Å². The van der Waals surface area contributed by atoms with Crippen molar-refractivity contribution in [1.29, 1.82) is 0 Å². The Hall–Kier alpha value is -1.27. The van der Waals surface area contributed by atoms with Gasteiger partial charge in [-0.05, 0) is 38.0 Å². The number of nitrogens with two attached hydrogens (primary N) is 1. The molecule has 0 aliphatic carbocycles. The van der Waals surface area contributed by atoms with Gasteiger partial charge in [-0.3, -0.25) is 0 Å². The largest absolute Gasteiger partial charge is 0.495 e. The van der Waals surface area contributed by atoms with Crippen LogP contribution in [0, 0.1) is 6.92 Å². The zero-order valence-electron chi connectivity index (χ0n) is 11.9. The fourth-order valence-electron chi connectivity index (χ4n) is 1.87. The molecule has 0 spiro atoms. The molecule has 6 heteroatoms. The highest BCUT2D eigenvalue weighted by Crippen LogP contribution is 2.28. The van der Waals surface area contributed by atoms with Crippen LogP contribution < -0.4 is 15.2 Å². The second-order valence-electron chi connectivity index (χ2n) is 4.67. The van der Waals surface area contributed by atoms with Gasteiger partial charge in [0.25, 0.3) is 0 Å². The summed E-state index contributed by atoms with van der Waals surface area (Å²) in [6.45, 7) is 5.65. The highest BCUT2D eigenvalue weighted by Gasteiger charge is 2.22. The van der Waals surface area contributed by atoms with Crippen LogP contribution in [0.4, 0.5) is 5.69 Å². The lowest BCUT2D eigenvalue weighted by atomic mass is 10.2. The van der Waals surface area contributed by atoms with E-state index >= 15 is 0 Å². The number of methoxy groups -OCH3 is 1. The van der Waals surface area contributed by atoms with Gasteiger partial charge in [0.15, 0.2) is 0 Å². The molecule has 0 amide bonds. The molecule has 0 saturated carbocycles. The van der Waals surface area contributed by atoms with E-state index < -0.39 is 10.0 Å². The van der Waals surface area contributed by atoms with Crippen molar-refractivity contribution in [2.45, 2.75) is 44.6 Å². The summed E-state index contributed by atoms with van der Waals surface area (Å²) in [5.41, 5.74) is 7.01. The summed E-state index contributed by atoms with van der Waals surface area (Å²) in [7, 11) is -2.17. The highest BCUT2D eigenvalue weighted by molar-refractivity contribution is 7.89. The predicted octanol–water partition coefficient (Wildman–Crippen LogP) is 2.05. The number of ether oxygens (including phenoxy) is 1. The average molecular weight is 286 g/mol. The Bertz CT molecular complexity index is 541. The Kier molecular flexibility index (Phi) is 5.20. The number of hydrogen-bond donors (Lipinski definition) is 2. The Morgan fingerprint density at radius 1 is 1.42 bits per heavy atom. The van der Waals surface area contributed by atoms with E-state index in [1.165, 1.54) is 13.2 Å². The van der Waals surface area contributed by atoms with Gasteiger partial charge in [0.2, 0.25) is 10.0 Å². The maximum atomic E-state index is 12.3. The van der Waals surface area contributed by atoms with E-state index in [2.05, 4.69) is 4.72 Å². The van der Waals surface area contributed by atoms with E-state index in [4.69, 9.17) is 10.5 Å². The summed E-state index contributed by atoms with van der Waals surface area (Å²) in [5, 5.41) is 0. The molecule has 1 aromatic rings. The lowest BCUT2D eigenvalue weighted by Crippen LogP contribution is -2.32. The lowest BCUT2D eigenvalue weighted by molar-refractivity contribution is 0.401. The molecule has 108 valence electrons. The first-order valence-corrected chi connectivity index (χ1v) is 7.76. The first kappa shape index (κ1) is 15.8. The molecule has 0 aliphatic heterocycles. The smallest absolute Gasteiger partial charge is 0.244 e. The van der Waals surface area contributed by atoms with Gasteiger partial charge in [0.1, 0.15) is 10.6 Å². The molecule has 1 aromatic carbocycles. The summed E-state index contributed by atoms with van der Waals surface area (Å²) in [5.74, 6) is 0.308. The van der Waals surface area contributed by atoms with Crippen LogP contribution in [0.25, 0.3) is 0 Å². The standard InChI is InChI=1S/C13H22N2O3S/c1-5-6-10(3)15-19(16,17)13-8-11(14)9(2)7-12(13)18-4/h7-8,10,15H,5-6,14H2,1-4H3. The number of benzene rings is 1. The summed E-state index contributed by atoms with van der Waals surface area (Å²) < 4.78 is 32.4. The zero-order chi connectivity index (χ0) is 14.6. The third-order valence-electron chi connectivity index (χ3n) is 2.92. The maximum Gasteiger partial charge on any atom is 0.244 e. The minimum Gasteiger partial charge on any atom is -0.495 e. The monoisotopic (exact) mass is 286 g/mol. The number of nitrogen functional groups attached to an aromatic ring is 1. The van der Waals surface area contributed by atoms with Gasteiger partial charge in [0.05, 0.1) is 7.11 Å². The number of aryl methyl sites for hydroxylation is 1. The van der Waals surface area contributed by atoms with E-state index in [9.17, 15) is 8.42 Å². The molecular formula is C13H22N2O3S. The van der Waals surface area contributed by atoms with E-state index in [1.807, 2.05) is 13.8 Å². The molecule has 0 aromatic heterocycles. The van der Waals surface area contributed by atoms with Crippen LogP contribution in [-0.4, -0.2) is 21.6 Å². The van der Waals surface area contributed by atoms with E-state index in [0.717, 1.165) is 18.4 Å².